The van der Waals surface area contributed by atoms with Crippen molar-refractivity contribution >= 4 is 11.6 Å². The molecule has 0 spiro atoms. The molecule has 20 heavy (non-hydrogen) atoms. The van der Waals surface area contributed by atoms with Gasteiger partial charge in [-0.2, -0.15) is 0 Å². The monoisotopic (exact) mass is 298 g/mol. The van der Waals surface area contributed by atoms with Crippen molar-refractivity contribution in [2.24, 2.45) is 0 Å². The number of hydrogen-bond acceptors (Lipinski definition) is 2. The largest absolute Gasteiger partial charge is 0.489 e. The Balaban J connectivity index is 2.07. The smallest absolute Gasteiger partial charge is 0.142 e. The van der Waals surface area contributed by atoms with Gasteiger partial charge in [0.25, 0.3) is 0 Å². The van der Waals surface area contributed by atoms with E-state index in [4.69, 9.17) is 16.3 Å². The highest BCUT2D eigenvalue weighted by Crippen LogP contribution is 2.23. The van der Waals surface area contributed by atoms with Crippen molar-refractivity contribution < 1.29 is 18.6 Å². The molecule has 2 rings (SSSR count). The van der Waals surface area contributed by atoms with Gasteiger partial charge in [0.15, 0.2) is 0 Å². The van der Waals surface area contributed by atoms with E-state index in [2.05, 4.69) is 0 Å². The van der Waals surface area contributed by atoms with Gasteiger partial charge in [-0.1, -0.05) is 17.7 Å². The maximum atomic E-state index is 13.6. The summed E-state index contributed by atoms with van der Waals surface area (Å²) in [5, 5.41) is 9.37. The summed E-state index contributed by atoms with van der Waals surface area (Å²) in [6.45, 7) is 1.58. The molecule has 0 heterocycles. The van der Waals surface area contributed by atoms with Crippen LogP contribution in [0.1, 0.15) is 24.2 Å². The quantitative estimate of drug-likeness (QED) is 0.914. The van der Waals surface area contributed by atoms with Crippen molar-refractivity contribution in [2.75, 3.05) is 0 Å². The van der Waals surface area contributed by atoms with Crippen molar-refractivity contribution in [3.63, 3.8) is 0 Å². The second kappa shape index (κ2) is 6.20. The first kappa shape index (κ1) is 14.8. The number of hydrogen-bond donors (Lipinski definition) is 1. The number of aliphatic hydroxyl groups is 1. The van der Waals surface area contributed by atoms with E-state index in [0.29, 0.717) is 11.3 Å². The first-order chi connectivity index (χ1) is 9.47. The third-order valence-electron chi connectivity index (χ3n) is 2.81. The molecule has 0 bridgehead atoms. The minimum atomic E-state index is -0.880. The van der Waals surface area contributed by atoms with Crippen LogP contribution in [0.2, 0.25) is 5.02 Å². The molecule has 0 saturated heterocycles. The summed E-state index contributed by atoms with van der Waals surface area (Å²) in [5.74, 6) is -0.759. The Hall–Kier alpha value is -1.65. The van der Waals surface area contributed by atoms with Gasteiger partial charge in [0.1, 0.15) is 24.0 Å². The van der Waals surface area contributed by atoms with Crippen LogP contribution in [0.4, 0.5) is 8.78 Å². The Labute approximate surface area is 120 Å². The van der Waals surface area contributed by atoms with Crippen LogP contribution in [0, 0.1) is 11.6 Å². The second-order valence-electron chi connectivity index (χ2n) is 4.40. The molecule has 2 nitrogen and oxygen atoms in total. The Bertz CT molecular complexity index is 615. The molecule has 0 aliphatic rings. The molecular formula is C15H13ClF2O2. The van der Waals surface area contributed by atoms with Crippen LogP contribution in [0.5, 0.6) is 5.75 Å². The summed E-state index contributed by atoms with van der Waals surface area (Å²) in [6, 6.07) is 8.53. The molecule has 5 heteroatoms. The molecule has 1 atom stereocenters. The Morgan fingerprint density at radius 3 is 2.50 bits per heavy atom. The highest BCUT2D eigenvalue weighted by Gasteiger charge is 2.09. The molecule has 0 radical (unpaired) electrons. The topological polar surface area (TPSA) is 29.5 Å². The van der Waals surface area contributed by atoms with Crippen LogP contribution in [0.15, 0.2) is 36.4 Å². The van der Waals surface area contributed by atoms with Gasteiger partial charge in [-0.25, -0.2) is 8.78 Å². The highest BCUT2D eigenvalue weighted by atomic mass is 35.5. The van der Waals surface area contributed by atoms with E-state index in [1.54, 1.807) is 12.1 Å². The van der Waals surface area contributed by atoms with Crippen LogP contribution in [-0.2, 0) is 6.61 Å². The molecule has 2 aromatic rings. The van der Waals surface area contributed by atoms with E-state index in [1.807, 2.05) is 0 Å². The minimum absolute atomic E-state index is 0.0427. The van der Waals surface area contributed by atoms with Crippen LogP contribution >= 0.6 is 11.6 Å². The van der Waals surface area contributed by atoms with Crippen LogP contribution in [0.25, 0.3) is 0 Å². The predicted molar refractivity (Wildman–Crippen MR) is 72.8 cm³/mol. The first-order valence-electron chi connectivity index (χ1n) is 6.01. The maximum absolute atomic E-state index is 13.6. The molecule has 0 unspecified atom stereocenters. The molecule has 0 aromatic heterocycles. The van der Waals surface area contributed by atoms with Crippen molar-refractivity contribution in [2.45, 2.75) is 19.6 Å². The average Bonchev–Trinajstić information content (AvgIpc) is 2.40. The summed E-state index contributed by atoms with van der Waals surface area (Å²) >= 11 is 5.58. The lowest BCUT2D eigenvalue weighted by molar-refractivity contribution is 0.194. The maximum Gasteiger partial charge on any atom is 0.142 e. The van der Waals surface area contributed by atoms with E-state index in [-0.39, 0.29) is 17.2 Å². The summed E-state index contributed by atoms with van der Waals surface area (Å²) in [7, 11) is 0. The first-order valence-corrected chi connectivity index (χ1v) is 6.39. The van der Waals surface area contributed by atoms with Gasteiger partial charge in [-0.3, -0.25) is 0 Å². The zero-order valence-corrected chi connectivity index (χ0v) is 11.5. The second-order valence-corrected chi connectivity index (χ2v) is 4.80. The normalized spacial score (nSPS) is 12.2. The summed E-state index contributed by atoms with van der Waals surface area (Å²) < 4.78 is 32.2. The van der Waals surface area contributed by atoms with E-state index < -0.39 is 17.7 Å². The Morgan fingerprint density at radius 1 is 1.15 bits per heavy atom. The van der Waals surface area contributed by atoms with Gasteiger partial charge in [-0.05, 0) is 36.8 Å². The van der Waals surface area contributed by atoms with Crippen LogP contribution in [-0.4, -0.2) is 5.11 Å². The lowest BCUT2D eigenvalue weighted by Crippen LogP contribution is -1.99. The Kier molecular flexibility index (Phi) is 4.57. The molecule has 0 aliphatic carbocycles. The minimum Gasteiger partial charge on any atom is -0.489 e. The van der Waals surface area contributed by atoms with Crippen molar-refractivity contribution in [3.05, 3.63) is 64.2 Å². The molecule has 0 amide bonds. The number of halogens is 3. The van der Waals surface area contributed by atoms with Crippen molar-refractivity contribution in [3.8, 4) is 5.75 Å². The molecule has 0 fully saturated rings. The number of rotatable bonds is 4. The molecule has 1 N–H and O–H groups in total. The summed E-state index contributed by atoms with van der Waals surface area (Å²) in [6.07, 6.45) is -0.880. The standard InChI is InChI=1S/C15H13ClF2O2/c1-9(19)12-4-3-11(7-14(12)17)20-8-10-2-5-13(16)15(18)6-10/h2-7,9,19H,8H2,1H3/t9-/m1/s1. The van der Waals surface area contributed by atoms with Crippen LogP contribution < -0.4 is 4.74 Å². The van der Waals surface area contributed by atoms with E-state index >= 15 is 0 Å². The molecule has 0 aliphatic heterocycles. The van der Waals surface area contributed by atoms with Gasteiger partial charge in [-0.15, -0.1) is 0 Å². The summed E-state index contributed by atoms with van der Waals surface area (Å²) in [5.41, 5.74) is 0.793. The molecule has 0 saturated carbocycles. The lowest BCUT2D eigenvalue weighted by atomic mass is 10.1. The SMILES string of the molecule is C[C@@H](O)c1ccc(OCc2ccc(Cl)c(F)c2)cc1F. The fourth-order valence-electron chi connectivity index (χ4n) is 1.73. The van der Waals surface area contributed by atoms with Crippen molar-refractivity contribution in [1.29, 1.82) is 0 Å². The average molecular weight is 299 g/mol. The summed E-state index contributed by atoms with van der Waals surface area (Å²) in [4.78, 5) is 0. The molecular weight excluding hydrogens is 286 g/mol. The molecule has 2 aromatic carbocycles. The zero-order valence-electron chi connectivity index (χ0n) is 10.7. The predicted octanol–water partition coefficient (Wildman–Crippen LogP) is 4.25. The van der Waals surface area contributed by atoms with E-state index in [1.165, 1.54) is 31.2 Å². The Morgan fingerprint density at radius 2 is 1.90 bits per heavy atom. The zero-order chi connectivity index (χ0) is 14.7. The number of ether oxygens (including phenoxy) is 1. The highest BCUT2D eigenvalue weighted by molar-refractivity contribution is 6.30. The van der Waals surface area contributed by atoms with Crippen LogP contribution in [0.3, 0.4) is 0 Å². The fourth-order valence-corrected chi connectivity index (χ4v) is 1.85. The number of benzene rings is 2. The lowest BCUT2D eigenvalue weighted by Gasteiger charge is -2.10. The number of aliphatic hydroxyl groups excluding tert-OH is 1. The van der Waals surface area contributed by atoms with E-state index in [9.17, 15) is 13.9 Å². The van der Waals surface area contributed by atoms with Gasteiger partial charge >= 0.3 is 0 Å². The van der Waals surface area contributed by atoms with Gasteiger partial charge in [0.05, 0.1) is 11.1 Å². The van der Waals surface area contributed by atoms with Gasteiger partial charge in [0, 0.05) is 11.6 Å². The fraction of sp³-hybridized carbons (Fsp3) is 0.200. The van der Waals surface area contributed by atoms with Gasteiger partial charge < -0.3 is 9.84 Å². The third kappa shape index (κ3) is 3.46. The van der Waals surface area contributed by atoms with Gasteiger partial charge in [0.2, 0.25) is 0 Å². The van der Waals surface area contributed by atoms with Crippen molar-refractivity contribution in [1.82, 2.24) is 0 Å². The van der Waals surface area contributed by atoms with E-state index in [0.717, 1.165) is 0 Å². The third-order valence-corrected chi connectivity index (χ3v) is 3.12. The molecule has 106 valence electrons.